The molecule has 0 unspecified atom stereocenters. The van der Waals surface area contributed by atoms with Gasteiger partial charge in [0.2, 0.25) is 0 Å². The summed E-state index contributed by atoms with van der Waals surface area (Å²) < 4.78 is 71.3. The molecule has 10 rings (SSSR count). The summed E-state index contributed by atoms with van der Waals surface area (Å²) in [5, 5.41) is 16.2. The number of fused-ring (bicyclic) bond motifs is 3. The number of ketones is 1. The van der Waals surface area contributed by atoms with Crippen LogP contribution in [-0.2, 0) is 9.13 Å². The number of rotatable bonds is 9. The number of halogens is 3. The van der Waals surface area contributed by atoms with Crippen molar-refractivity contribution in [1.82, 2.24) is 4.57 Å². The zero-order valence-electron chi connectivity index (χ0n) is 36.5. The molecule has 9 aromatic carbocycles. The first-order chi connectivity index (χ1) is 32.9. The molecule has 1 aromatic heterocycles. The molecule has 1 heterocycles. The standard InChI is InChI=1S/C36H28O2P2.C21H12F3NO3.Eu/c37-39(29-17-5-1-6-18-29,30-19-7-2-8-20-30)35-27-15-13-25-33(35)34-26-14-16-28-36(34)40(38,31-21-9-3-10-22-31)32-23-11-4-12-24-32;22-21(23,24)19(27)17-18(26)16-14-9-5-4-6-12(14)10-11-15(16)25(20(17)28)13-7-2-1-3-8-13;/h1-28H;1-11,26H;. The number of Topliss-reactive ketones (excluding diaryl/α,β-unsaturated/α-hetero) is 1. The summed E-state index contributed by atoms with van der Waals surface area (Å²) in [5.74, 6) is -3.35. The Morgan fingerprint density at radius 2 is 0.826 bits per heavy atom. The molecular weight excluding hydrogens is 1050 g/mol. The average molecular weight is 1090 g/mol. The number of alkyl halides is 3. The molecule has 0 bridgehead atoms. The zero-order chi connectivity index (χ0) is 47.5. The quantitative estimate of drug-likeness (QED) is 0.0883. The van der Waals surface area contributed by atoms with Gasteiger partial charge in [-0.05, 0) is 40.1 Å². The number of carbonyl (C=O) groups excluding carboxylic acids is 1. The van der Waals surface area contributed by atoms with Gasteiger partial charge in [0.15, 0.2) is 14.3 Å². The van der Waals surface area contributed by atoms with Gasteiger partial charge in [-0.25, -0.2) is 0 Å². The third kappa shape index (κ3) is 9.33. The van der Waals surface area contributed by atoms with E-state index in [4.69, 9.17) is 0 Å². The van der Waals surface area contributed by atoms with Crippen molar-refractivity contribution in [2.24, 2.45) is 0 Å². The molecular formula is C57H40EuF3NO5P2. The summed E-state index contributed by atoms with van der Waals surface area (Å²) in [6.45, 7) is 0. The maximum atomic E-state index is 15.4. The molecule has 0 amide bonds. The Labute approximate surface area is 437 Å². The van der Waals surface area contributed by atoms with E-state index in [1.165, 1.54) is 18.2 Å². The number of aromatic nitrogens is 1. The molecule has 0 fully saturated rings. The van der Waals surface area contributed by atoms with Crippen LogP contribution >= 0.6 is 14.3 Å². The summed E-state index contributed by atoms with van der Waals surface area (Å²) >= 11 is 0. The number of pyridine rings is 1. The van der Waals surface area contributed by atoms with Gasteiger partial charge in [0.25, 0.3) is 11.3 Å². The molecule has 0 aliphatic carbocycles. The Bertz CT molecular complexity index is 3390. The molecule has 0 spiro atoms. The topological polar surface area (TPSA) is 93.4 Å². The van der Waals surface area contributed by atoms with Crippen LogP contribution in [0.15, 0.2) is 241 Å². The van der Waals surface area contributed by atoms with Gasteiger partial charge in [-0.1, -0.05) is 218 Å². The minimum Gasteiger partial charge on any atom is -0.506 e. The van der Waals surface area contributed by atoms with E-state index < -0.39 is 43.1 Å². The summed E-state index contributed by atoms with van der Waals surface area (Å²) in [6, 6.07) is 72.4. The van der Waals surface area contributed by atoms with Crippen LogP contribution in [0.3, 0.4) is 0 Å². The van der Waals surface area contributed by atoms with Crippen molar-refractivity contribution in [1.29, 1.82) is 0 Å². The third-order valence-corrected chi connectivity index (χ3v) is 18.0. The number of carbonyl (C=O) groups is 1. The Balaban J connectivity index is 0.000000195. The number of benzene rings is 9. The van der Waals surface area contributed by atoms with Gasteiger partial charge in [0, 0.05) is 92.3 Å². The Morgan fingerprint density at radius 3 is 1.25 bits per heavy atom. The van der Waals surface area contributed by atoms with Crippen LogP contribution in [-0.4, -0.2) is 21.6 Å². The first-order valence-electron chi connectivity index (χ1n) is 21.5. The van der Waals surface area contributed by atoms with Crippen LogP contribution in [0, 0.1) is 49.4 Å². The van der Waals surface area contributed by atoms with Crippen molar-refractivity contribution >= 4 is 73.6 Å². The molecule has 0 saturated heterocycles. The monoisotopic (exact) mass is 1090 g/mol. The Morgan fingerprint density at radius 1 is 0.464 bits per heavy atom. The predicted octanol–water partition coefficient (Wildman–Crippen LogP) is 11.2. The summed E-state index contributed by atoms with van der Waals surface area (Å²) in [4.78, 5) is 24.9. The fourth-order valence-electron chi connectivity index (χ4n) is 8.68. The van der Waals surface area contributed by atoms with Gasteiger partial charge >= 0.3 is 6.18 Å². The minimum atomic E-state index is -5.30. The number of hydrogen-bond donors (Lipinski definition) is 1. The van der Waals surface area contributed by atoms with Gasteiger partial charge in [-0.2, -0.15) is 13.2 Å². The van der Waals surface area contributed by atoms with E-state index >= 15 is 9.13 Å². The van der Waals surface area contributed by atoms with Crippen molar-refractivity contribution < 1.29 is 81.6 Å². The molecule has 0 aliphatic rings. The summed E-state index contributed by atoms with van der Waals surface area (Å²) in [5.41, 5.74) is -0.397. The van der Waals surface area contributed by atoms with Gasteiger partial charge in [0.05, 0.1) is 5.52 Å². The zero-order valence-corrected chi connectivity index (χ0v) is 40.7. The van der Waals surface area contributed by atoms with Crippen molar-refractivity contribution in [2.45, 2.75) is 6.18 Å². The van der Waals surface area contributed by atoms with Crippen LogP contribution in [0.2, 0.25) is 0 Å². The van der Waals surface area contributed by atoms with Gasteiger partial charge in [-0.15, -0.1) is 0 Å². The summed E-state index contributed by atoms with van der Waals surface area (Å²) in [6.07, 6.45) is -5.30. The molecule has 6 nitrogen and oxygen atoms in total. The van der Waals surface area contributed by atoms with Crippen molar-refractivity contribution in [2.75, 3.05) is 0 Å². The molecule has 1 N–H and O–H groups in total. The van der Waals surface area contributed by atoms with Crippen molar-refractivity contribution in [3.05, 3.63) is 253 Å². The van der Waals surface area contributed by atoms with Gasteiger partial charge in [-0.3, -0.25) is 14.2 Å². The smallest absolute Gasteiger partial charge is 0.455 e. The van der Waals surface area contributed by atoms with Crippen LogP contribution in [0.1, 0.15) is 10.4 Å². The average Bonchev–Trinajstić information content (AvgIpc) is 3.39. The molecule has 69 heavy (non-hydrogen) atoms. The molecule has 0 saturated carbocycles. The van der Waals surface area contributed by atoms with E-state index in [1.54, 1.807) is 48.5 Å². The van der Waals surface area contributed by atoms with Crippen LogP contribution in [0.25, 0.3) is 38.5 Å². The van der Waals surface area contributed by atoms with E-state index in [0.29, 0.717) is 10.8 Å². The largest absolute Gasteiger partial charge is 0.506 e. The minimum absolute atomic E-state index is 0. The molecule has 0 aliphatic heterocycles. The molecule has 12 heteroatoms. The third-order valence-electron chi connectivity index (χ3n) is 11.8. The molecule has 341 valence electrons. The second kappa shape index (κ2) is 20.8. The van der Waals surface area contributed by atoms with Gasteiger partial charge in [0.1, 0.15) is 11.3 Å². The number of para-hydroxylation sites is 1. The van der Waals surface area contributed by atoms with Crippen LogP contribution in [0.4, 0.5) is 13.2 Å². The first kappa shape index (κ1) is 49.2. The molecule has 1 radical (unpaired) electrons. The number of nitrogens with zero attached hydrogens (tertiary/aromatic N) is 1. The van der Waals surface area contributed by atoms with E-state index in [-0.39, 0.29) is 66.0 Å². The van der Waals surface area contributed by atoms with Crippen molar-refractivity contribution in [3.8, 4) is 22.6 Å². The Kier molecular flexibility index (Phi) is 14.8. The summed E-state index contributed by atoms with van der Waals surface area (Å²) in [7, 11) is -6.57. The van der Waals surface area contributed by atoms with Crippen LogP contribution in [0.5, 0.6) is 5.75 Å². The SMILES string of the molecule is O=C(c1c(O)c2c3ccccc3ccc2n(-c2ccccc2)c1=O)C(F)(F)F.O=P(c1ccccc1)(c1ccccc1)c1ccccc1-c1ccccc1P(=O)(c1ccccc1)c1ccccc1.[Eu]. The first-order valence-corrected chi connectivity index (χ1v) is 24.9. The number of hydrogen-bond acceptors (Lipinski definition) is 5. The van der Waals surface area contributed by atoms with Crippen LogP contribution < -0.4 is 37.4 Å². The maximum Gasteiger partial charge on any atom is 0.455 e. The van der Waals surface area contributed by atoms with E-state index in [1.807, 2.05) is 170 Å². The fourth-order valence-corrected chi connectivity index (χ4v) is 14.4. The molecule has 0 atom stereocenters. The Hall–Kier alpha value is -6.25. The number of aromatic hydroxyl groups is 1. The fraction of sp³-hybridized carbons (Fsp3) is 0.0175. The maximum absolute atomic E-state index is 15.4. The molecule has 10 aromatic rings. The van der Waals surface area contributed by atoms with E-state index in [2.05, 4.69) is 0 Å². The normalized spacial score (nSPS) is 11.6. The van der Waals surface area contributed by atoms with E-state index in [9.17, 15) is 27.9 Å². The van der Waals surface area contributed by atoms with Gasteiger partial charge < -0.3 is 14.2 Å². The predicted molar refractivity (Wildman–Crippen MR) is 270 cm³/mol. The second-order valence-corrected chi connectivity index (χ2v) is 21.3. The second-order valence-electron chi connectivity index (χ2n) is 15.8. The van der Waals surface area contributed by atoms with Crippen molar-refractivity contribution in [3.63, 3.8) is 0 Å². The van der Waals surface area contributed by atoms with E-state index in [0.717, 1.165) is 47.5 Å².